The van der Waals surface area contributed by atoms with Crippen LogP contribution in [0, 0.1) is 23.2 Å². The zero-order chi connectivity index (χ0) is 20.4. The van der Waals surface area contributed by atoms with Crippen molar-refractivity contribution in [3.8, 4) is 5.75 Å². The highest BCUT2D eigenvalue weighted by molar-refractivity contribution is 6.33. The first-order chi connectivity index (χ1) is 13.9. The first kappa shape index (κ1) is 23.6. The third-order valence-electron chi connectivity index (χ3n) is 6.96. The summed E-state index contributed by atoms with van der Waals surface area (Å²) in [5, 5.41) is 16.0. The summed E-state index contributed by atoms with van der Waals surface area (Å²) in [6.07, 6.45) is 7.66. The van der Waals surface area contributed by atoms with Gasteiger partial charge in [-0.05, 0) is 86.8 Å². The Kier molecular flexibility index (Phi) is 7.94. The van der Waals surface area contributed by atoms with Crippen LogP contribution in [0.3, 0.4) is 0 Å². The molecule has 1 amide bonds. The highest BCUT2D eigenvalue weighted by Gasteiger charge is 2.50. The fourth-order valence-electron chi connectivity index (χ4n) is 6.19. The van der Waals surface area contributed by atoms with Crippen LogP contribution in [0.2, 0.25) is 5.02 Å². The van der Waals surface area contributed by atoms with Crippen molar-refractivity contribution in [3.05, 3.63) is 28.8 Å². The van der Waals surface area contributed by atoms with Gasteiger partial charge < -0.3 is 20.5 Å². The molecule has 1 aromatic carbocycles. The number of carbonyl (C=O) groups excluding carboxylic acids is 1. The van der Waals surface area contributed by atoms with Gasteiger partial charge in [-0.15, -0.1) is 12.4 Å². The van der Waals surface area contributed by atoms with Crippen LogP contribution in [0.25, 0.3) is 0 Å². The van der Waals surface area contributed by atoms with Gasteiger partial charge in [0.25, 0.3) is 5.91 Å². The fraction of sp³-hybridized carbons (Fsp3) is 0.696. The maximum Gasteiger partial charge on any atom is 0.252 e. The van der Waals surface area contributed by atoms with Crippen molar-refractivity contribution in [2.24, 2.45) is 23.2 Å². The molecular weight excluding hydrogens is 423 g/mol. The molecule has 0 radical (unpaired) electrons. The first-order valence-electron chi connectivity index (χ1n) is 11.0. The van der Waals surface area contributed by atoms with Crippen LogP contribution in [0.1, 0.15) is 55.8 Å². The molecule has 1 aromatic rings. The molecule has 0 unspecified atom stereocenters. The monoisotopic (exact) mass is 456 g/mol. The number of aliphatic hydroxyl groups is 1. The normalized spacial score (nSPS) is 29.9. The highest BCUT2D eigenvalue weighted by Crippen LogP contribution is 2.59. The number of carbonyl (C=O) groups is 1. The van der Waals surface area contributed by atoms with Gasteiger partial charge in [0.2, 0.25) is 0 Å². The molecular formula is C23H34Cl2N2O3. The Morgan fingerprint density at radius 1 is 1.23 bits per heavy atom. The molecule has 0 aliphatic heterocycles. The number of ether oxygens (including phenoxy) is 1. The lowest BCUT2D eigenvalue weighted by molar-refractivity contribution is -0.0503. The summed E-state index contributed by atoms with van der Waals surface area (Å²) >= 11 is 6.31. The maximum absolute atomic E-state index is 12.9. The average molecular weight is 457 g/mol. The van der Waals surface area contributed by atoms with E-state index in [9.17, 15) is 9.90 Å². The number of amides is 1. The summed E-state index contributed by atoms with van der Waals surface area (Å²) in [5.74, 6) is 3.15. The van der Waals surface area contributed by atoms with Crippen LogP contribution >= 0.6 is 24.0 Å². The van der Waals surface area contributed by atoms with E-state index in [1.54, 1.807) is 25.1 Å². The highest BCUT2D eigenvalue weighted by atomic mass is 35.5. The molecule has 4 fully saturated rings. The Balaban J connectivity index is 0.00000256. The van der Waals surface area contributed by atoms with Crippen molar-refractivity contribution in [2.45, 2.75) is 51.6 Å². The summed E-state index contributed by atoms with van der Waals surface area (Å²) in [5.41, 5.74) is 0.784. The first-order valence-corrected chi connectivity index (χ1v) is 11.4. The van der Waals surface area contributed by atoms with Gasteiger partial charge >= 0.3 is 0 Å². The van der Waals surface area contributed by atoms with E-state index in [-0.39, 0.29) is 24.4 Å². The standard InChI is InChI=1S/C23H33ClN2O3.ClH/c1-15(27)13-25-4-5-29-19-2-3-21(24)20(9-19)22(28)26-14-23-10-16-6-17(11-23)8-18(7-16)12-23;/h2-3,9,15-18,25,27H,4-8,10-14H2,1H3,(H,26,28);1H/t15-,16?,17?,18?,23?;/m0./s1. The number of hydrogen-bond acceptors (Lipinski definition) is 4. The van der Waals surface area contributed by atoms with Gasteiger partial charge in [-0.25, -0.2) is 0 Å². The van der Waals surface area contributed by atoms with Crippen molar-refractivity contribution in [2.75, 3.05) is 26.2 Å². The number of nitrogens with one attached hydrogen (secondary N) is 2. The second kappa shape index (κ2) is 10.1. The minimum atomic E-state index is -0.380. The van der Waals surface area contributed by atoms with Gasteiger partial charge in [0.05, 0.1) is 16.7 Å². The van der Waals surface area contributed by atoms with Crippen LogP contribution in [0.4, 0.5) is 0 Å². The van der Waals surface area contributed by atoms with Crippen molar-refractivity contribution in [3.63, 3.8) is 0 Å². The summed E-state index contributed by atoms with van der Waals surface area (Å²) in [6, 6.07) is 5.23. The molecule has 0 aromatic heterocycles. The Morgan fingerprint density at radius 2 is 1.87 bits per heavy atom. The molecule has 4 saturated carbocycles. The van der Waals surface area contributed by atoms with Gasteiger partial charge in [-0.3, -0.25) is 4.79 Å². The number of halogens is 2. The van der Waals surface area contributed by atoms with Crippen molar-refractivity contribution in [1.82, 2.24) is 10.6 Å². The maximum atomic E-state index is 12.9. The van der Waals surface area contributed by atoms with Crippen LogP contribution in [0.15, 0.2) is 18.2 Å². The summed E-state index contributed by atoms with van der Waals surface area (Å²) in [4.78, 5) is 12.9. The van der Waals surface area contributed by atoms with Crippen LogP contribution in [-0.4, -0.2) is 43.4 Å². The molecule has 7 heteroatoms. The Bertz CT molecular complexity index is 706. The van der Waals surface area contributed by atoms with Crippen LogP contribution in [-0.2, 0) is 0 Å². The Hall–Kier alpha value is -1.01. The third-order valence-corrected chi connectivity index (χ3v) is 7.29. The summed E-state index contributed by atoms with van der Waals surface area (Å²) in [6.45, 7) is 4.12. The second-order valence-corrected chi connectivity index (χ2v) is 10.1. The molecule has 1 atom stereocenters. The minimum Gasteiger partial charge on any atom is -0.492 e. The predicted octanol–water partition coefficient (Wildman–Crippen LogP) is 4.06. The van der Waals surface area contributed by atoms with Crippen molar-refractivity contribution < 1.29 is 14.6 Å². The molecule has 5 nitrogen and oxygen atoms in total. The third kappa shape index (κ3) is 5.61. The zero-order valence-electron chi connectivity index (χ0n) is 17.7. The van der Waals surface area contributed by atoms with Crippen molar-refractivity contribution in [1.29, 1.82) is 0 Å². The van der Waals surface area contributed by atoms with Crippen LogP contribution in [0.5, 0.6) is 5.75 Å². The topological polar surface area (TPSA) is 70.6 Å². The number of hydrogen-bond donors (Lipinski definition) is 3. The average Bonchev–Trinajstić information content (AvgIpc) is 2.66. The van der Waals surface area contributed by atoms with Gasteiger partial charge in [0.15, 0.2) is 0 Å². The lowest BCUT2D eigenvalue weighted by atomic mass is 9.49. The molecule has 4 bridgehead atoms. The van der Waals surface area contributed by atoms with E-state index in [0.717, 1.165) is 24.3 Å². The van der Waals surface area contributed by atoms with E-state index in [2.05, 4.69) is 10.6 Å². The molecule has 0 heterocycles. The largest absolute Gasteiger partial charge is 0.492 e. The molecule has 0 saturated heterocycles. The molecule has 5 rings (SSSR count). The summed E-state index contributed by atoms with van der Waals surface area (Å²) in [7, 11) is 0. The van der Waals surface area contributed by atoms with Crippen LogP contribution < -0.4 is 15.4 Å². The van der Waals surface area contributed by atoms with E-state index in [4.69, 9.17) is 16.3 Å². The smallest absolute Gasteiger partial charge is 0.252 e. The second-order valence-electron chi connectivity index (χ2n) is 9.64. The number of benzene rings is 1. The predicted molar refractivity (Wildman–Crippen MR) is 122 cm³/mol. The van der Waals surface area contributed by atoms with Crippen molar-refractivity contribution >= 4 is 29.9 Å². The lowest BCUT2D eigenvalue weighted by Gasteiger charge is -2.56. The van der Waals surface area contributed by atoms with E-state index in [1.165, 1.54) is 38.5 Å². The molecule has 0 spiro atoms. The van der Waals surface area contributed by atoms with Gasteiger partial charge in [-0.2, -0.15) is 0 Å². The zero-order valence-corrected chi connectivity index (χ0v) is 19.2. The molecule has 168 valence electrons. The molecule has 4 aliphatic rings. The minimum absolute atomic E-state index is 0. The van der Waals surface area contributed by atoms with E-state index in [1.807, 2.05) is 0 Å². The van der Waals surface area contributed by atoms with E-state index >= 15 is 0 Å². The van der Waals surface area contributed by atoms with Gasteiger partial charge in [0, 0.05) is 19.6 Å². The Morgan fingerprint density at radius 3 is 2.47 bits per heavy atom. The van der Waals surface area contributed by atoms with Gasteiger partial charge in [0.1, 0.15) is 12.4 Å². The number of rotatable bonds is 9. The summed E-state index contributed by atoms with van der Waals surface area (Å²) < 4.78 is 5.73. The number of aliphatic hydroxyl groups excluding tert-OH is 1. The van der Waals surface area contributed by atoms with Gasteiger partial charge in [-0.1, -0.05) is 11.6 Å². The van der Waals surface area contributed by atoms with E-state index < -0.39 is 0 Å². The van der Waals surface area contributed by atoms with E-state index in [0.29, 0.717) is 41.4 Å². The SMILES string of the molecule is C[C@H](O)CNCCOc1ccc(Cl)c(C(=O)NCC23CC4CC(CC(C4)C2)C3)c1.Cl. The molecule has 4 aliphatic carbocycles. The molecule has 30 heavy (non-hydrogen) atoms. The lowest BCUT2D eigenvalue weighted by Crippen LogP contribution is -2.51. The fourth-order valence-corrected chi connectivity index (χ4v) is 6.39. The molecule has 3 N–H and O–H groups in total. The Labute approximate surface area is 190 Å². The quantitative estimate of drug-likeness (QED) is 0.490.